The molecule has 0 N–H and O–H groups in total. The normalized spacial score (nSPS) is 10.5. The van der Waals surface area contributed by atoms with Crippen molar-refractivity contribution in [1.82, 2.24) is 15.1 Å². The van der Waals surface area contributed by atoms with Gasteiger partial charge in [0.2, 0.25) is 0 Å². The average Bonchev–Trinajstić information content (AvgIpc) is 2.35. The maximum absolute atomic E-state index is 8.59. The van der Waals surface area contributed by atoms with Gasteiger partial charge in [-0.3, -0.25) is 4.90 Å². The second-order valence-corrected chi connectivity index (χ2v) is 3.91. The van der Waals surface area contributed by atoms with Crippen LogP contribution in [0.3, 0.4) is 0 Å². The van der Waals surface area contributed by atoms with E-state index in [0.717, 1.165) is 12.2 Å². The van der Waals surface area contributed by atoms with E-state index in [1.54, 1.807) is 13.2 Å². The molecule has 1 aromatic heterocycles. The van der Waals surface area contributed by atoms with Crippen molar-refractivity contribution in [2.24, 2.45) is 0 Å². The van der Waals surface area contributed by atoms with Crippen LogP contribution in [-0.2, 0) is 11.3 Å². The third kappa shape index (κ3) is 5.59. The molecule has 0 radical (unpaired) electrons. The van der Waals surface area contributed by atoms with E-state index < -0.39 is 0 Å². The molecule has 0 aromatic carbocycles. The smallest absolute Gasteiger partial charge is 0.151 e. The predicted molar refractivity (Wildman–Crippen MR) is 64.4 cm³/mol. The molecule has 0 fully saturated rings. The Labute approximate surface area is 106 Å². The summed E-state index contributed by atoms with van der Waals surface area (Å²) in [5.41, 5.74) is 0.837. The quantitative estimate of drug-likeness (QED) is 0.738. The Hall–Kier alpha value is -1.22. The molecule has 0 aliphatic heterocycles. The first-order valence-corrected chi connectivity index (χ1v) is 5.70. The number of hydrogen-bond donors (Lipinski definition) is 0. The van der Waals surface area contributed by atoms with Crippen LogP contribution in [0.4, 0.5) is 0 Å². The van der Waals surface area contributed by atoms with Crippen molar-refractivity contribution in [3.05, 3.63) is 23.0 Å². The lowest BCUT2D eigenvalue weighted by Crippen LogP contribution is -2.28. The highest BCUT2D eigenvalue weighted by Crippen LogP contribution is 2.05. The molecule has 92 valence electrons. The predicted octanol–water partition coefficient (Wildman–Crippen LogP) is 1.49. The molecule has 0 amide bonds. The minimum atomic E-state index is 0.384. The van der Waals surface area contributed by atoms with Crippen LogP contribution in [0.2, 0.25) is 5.15 Å². The van der Waals surface area contributed by atoms with Gasteiger partial charge in [0, 0.05) is 33.2 Å². The summed E-state index contributed by atoms with van der Waals surface area (Å²) in [4.78, 5) is 2.10. The molecule has 0 saturated carbocycles. The molecule has 0 bridgehead atoms. The van der Waals surface area contributed by atoms with Gasteiger partial charge < -0.3 is 4.74 Å². The number of nitriles is 1. The third-order valence-corrected chi connectivity index (χ3v) is 2.43. The molecule has 0 atom stereocenters. The Balaban J connectivity index is 2.52. The molecule has 6 heteroatoms. The Kier molecular flexibility index (Phi) is 6.48. The van der Waals surface area contributed by atoms with Gasteiger partial charge in [-0.05, 0) is 12.1 Å². The second kappa shape index (κ2) is 7.96. The maximum atomic E-state index is 8.59. The summed E-state index contributed by atoms with van der Waals surface area (Å²) < 4.78 is 5.03. The van der Waals surface area contributed by atoms with Gasteiger partial charge >= 0.3 is 0 Å². The molecule has 0 aliphatic rings. The SMILES string of the molecule is COCCN(CCC#N)Cc1ccc(Cl)nn1. The highest BCUT2D eigenvalue weighted by molar-refractivity contribution is 6.29. The molecule has 1 aromatic rings. The van der Waals surface area contributed by atoms with E-state index in [2.05, 4.69) is 21.2 Å². The van der Waals surface area contributed by atoms with Crippen molar-refractivity contribution >= 4 is 11.6 Å². The summed E-state index contributed by atoms with van der Waals surface area (Å²) in [5.74, 6) is 0. The summed E-state index contributed by atoms with van der Waals surface area (Å²) in [6, 6.07) is 5.68. The van der Waals surface area contributed by atoms with Crippen LogP contribution >= 0.6 is 11.6 Å². The number of hydrogen-bond acceptors (Lipinski definition) is 5. The van der Waals surface area contributed by atoms with Crippen molar-refractivity contribution < 1.29 is 4.74 Å². The van der Waals surface area contributed by atoms with Crippen LogP contribution in [0.1, 0.15) is 12.1 Å². The third-order valence-electron chi connectivity index (χ3n) is 2.22. The number of rotatable bonds is 7. The standard InChI is InChI=1S/C11H15ClN4O/c1-17-8-7-16(6-2-5-13)9-10-3-4-11(12)15-14-10/h3-4H,2,6-9H2,1H3. The van der Waals surface area contributed by atoms with Crippen LogP contribution in [0.15, 0.2) is 12.1 Å². The summed E-state index contributed by atoms with van der Waals surface area (Å²) >= 11 is 5.67. The zero-order valence-electron chi connectivity index (χ0n) is 9.77. The fourth-order valence-electron chi connectivity index (χ4n) is 1.36. The summed E-state index contributed by atoms with van der Waals surface area (Å²) in [7, 11) is 1.66. The second-order valence-electron chi connectivity index (χ2n) is 3.52. The van der Waals surface area contributed by atoms with Gasteiger partial charge in [0.25, 0.3) is 0 Å². The van der Waals surface area contributed by atoms with Gasteiger partial charge in [0.15, 0.2) is 5.15 Å². The summed E-state index contributed by atoms with van der Waals surface area (Å²) in [5, 5.41) is 16.7. The lowest BCUT2D eigenvalue weighted by molar-refractivity contribution is 0.144. The van der Waals surface area contributed by atoms with Crippen molar-refractivity contribution in [2.75, 3.05) is 26.8 Å². The summed E-state index contributed by atoms with van der Waals surface area (Å²) in [6.45, 7) is 2.74. The Morgan fingerprint density at radius 1 is 1.41 bits per heavy atom. The van der Waals surface area contributed by atoms with Gasteiger partial charge in [0.1, 0.15) is 0 Å². The van der Waals surface area contributed by atoms with Crippen molar-refractivity contribution in [3.8, 4) is 6.07 Å². The zero-order valence-corrected chi connectivity index (χ0v) is 10.5. The summed E-state index contributed by atoms with van der Waals surface area (Å²) in [6.07, 6.45) is 0.491. The minimum absolute atomic E-state index is 0.384. The maximum Gasteiger partial charge on any atom is 0.151 e. The van der Waals surface area contributed by atoms with E-state index in [1.807, 2.05) is 6.07 Å². The topological polar surface area (TPSA) is 62.0 Å². The van der Waals surface area contributed by atoms with Gasteiger partial charge in [-0.25, -0.2) is 0 Å². The molecular weight excluding hydrogens is 240 g/mol. The number of methoxy groups -OCH3 is 1. The van der Waals surface area contributed by atoms with Crippen LogP contribution in [-0.4, -0.2) is 41.9 Å². The molecule has 0 unspecified atom stereocenters. The number of ether oxygens (including phenoxy) is 1. The largest absolute Gasteiger partial charge is 0.383 e. The zero-order chi connectivity index (χ0) is 12.5. The van der Waals surface area contributed by atoms with Gasteiger partial charge in [-0.15, -0.1) is 5.10 Å². The average molecular weight is 255 g/mol. The minimum Gasteiger partial charge on any atom is -0.383 e. The molecule has 5 nitrogen and oxygen atoms in total. The highest BCUT2D eigenvalue weighted by Gasteiger charge is 2.07. The number of nitrogens with zero attached hydrogens (tertiary/aromatic N) is 4. The molecule has 0 spiro atoms. The van der Waals surface area contributed by atoms with Crippen molar-refractivity contribution in [3.63, 3.8) is 0 Å². The monoisotopic (exact) mass is 254 g/mol. The van der Waals surface area contributed by atoms with Gasteiger partial charge in [-0.1, -0.05) is 11.6 Å². The first kappa shape index (κ1) is 13.8. The fourth-order valence-corrected chi connectivity index (χ4v) is 1.46. The molecule has 17 heavy (non-hydrogen) atoms. The lowest BCUT2D eigenvalue weighted by atomic mass is 10.3. The van der Waals surface area contributed by atoms with Crippen LogP contribution in [0, 0.1) is 11.3 Å². The number of aromatic nitrogens is 2. The van der Waals surface area contributed by atoms with E-state index in [-0.39, 0.29) is 0 Å². The van der Waals surface area contributed by atoms with Gasteiger partial charge in [0.05, 0.1) is 18.4 Å². The van der Waals surface area contributed by atoms with E-state index in [1.165, 1.54) is 0 Å². The van der Waals surface area contributed by atoms with Crippen molar-refractivity contribution in [1.29, 1.82) is 5.26 Å². The highest BCUT2D eigenvalue weighted by atomic mass is 35.5. The van der Waals surface area contributed by atoms with E-state index in [4.69, 9.17) is 21.6 Å². The van der Waals surface area contributed by atoms with E-state index in [9.17, 15) is 0 Å². The fraction of sp³-hybridized carbons (Fsp3) is 0.545. The van der Waals surface area contributed by atoms with Crippen LogP contribution in [0.25, 0.3) is 0 Å². The van der Waals surface area contributed by atoms with E-state index >= 15 is 0 Å². The first-order valence-electron chi connectivity index (χ1n) is 5.32. The van der Waals surface area contributed by atoms with Gasteiger partial charge in [-0.2, -0.15) is 10.4 Å². The molecule has 0 aliphatic carbocycles. The van der Waals surface area contributed by atoms with E-state index in [0.29, 0.717) is 31.3 Å². The van der Waals surface area contributed by atoms with Crippen LogP contribution < -0.4 is 0 Å². The molecular formula is C11H15ClN4O. The van der Waals surface area contributed by atoms with Crippen molar-refractivity contribution in [2.45, 2.75) is 13.0 Å². The Morgan fingerprint density at radius 2 is 2.24 bits per heavy atom. The number of halogens is 1. The Bertz CT molecular complexity index is 363. The lowest BCUT2D eigenvalue weighted by Gasteiger charge is -2.19. The Morgan fingerprint density at radius 3 is 2.82 bits per heavy atom. The van der Waals surface area contributed by atoms with Crippen LogP contribution in [0.5, 0.6) is 0 Å². The molecule has 0 saturated heterocycles. The molecule has 1 rings (SSSR count). The molecule has 1 heterocycles. The first-order chi connectivity index (χ1) is 8.26.